The molecule has 1 saturated heterocycles. The molecule has 0 bridgehead atoms. The summed E-state index contributed by atoms with van der Waals surface area (Å²) in [6, 6.07) is 2.69. The van der Waals surface area contributed by atoms with Gasteiger partial charge in [-0.1, -0.05) is 0 Å². The maximum absolute atomic E-state index is 5.72. The van der Waals surface area contributed by atoms with Crippen molar-refractivity contribution in [3.8, 4) is 0 Å². The number of fused-ring (bicyclic) bond motifs is 1. The van der Waals surface area contributed by atoms with E-state index in [0.29, 0.717) is 17.6 Å². The molecule has 18 heavy (non-hydrogen) atoms. The molecular weight excluding hydrogens is 226 g/mol. The Labute approximate surface area is 107 Å². The van der Waals surface area contributed by atoms with Crippen LogP contribution in [0, 0.1) is 0 Å². The molecule has 0 aliphatic carbocycles. The summed E-state index contributed by atoms with van der Waals surface area (Å²) in [5.74, 6) is 0.523. The lowest BCUT2D eigenvalue weighted by molar-refractivity contribution is 0.272. The highest BCUT2D eigenvalue weighted by Crippen LogP contribution is 2.27. The lowest BCUT2D eigenvalue weighted by atomic mass is 10.1. The number of rotatable bonds is 2. The van der Waals surface area contributed by atoms with Crippen LogP contribution in [0.15, 0.2) is 18.5 Å². The fourth-order valence-corrected chi connectivity index (χ4v) is 2.61. The second-order valence-corrected chi connectivity index (χ2v) is 5.33. The Morgan fingerprint density at radius 2 is 2.28 bits per heavy atom. The molecule has 1 atom stereocenters. The fraction of sp³-hybridized carbons (Fsp3) is 0.538. The zero-order chi connectivity index (χ0) is 12.7. The molecule has 1 fully saturated rings. The highest BCUT2D eigenvalue weighted by atomic mass is 15.3. The summed E-state index contributed by atoms with van der Waals surface area (Å²) in [6.07, 6.45) is 4.68. The molecule has 1 aliphatic heterocycles. The predicted molar refractivity (Wildman–Crippen MR) is 71.5 cm³/mol. The van der Waals surface area contributed by atoms with Crippen LogP contribution in [0.5, 0.6) is 0 Å². The number of likely N-dealkylation sites (tertiary alicyclic amines) is 1. The molecule has 0 aromatic carbocycles. The third kappa shape index (κ3) is 1.95. The largest absolute Gasteiger partial charge is 0.396 e. The van der Waals surface area contributed by atoms with Crippen LogP contribution >= 0.6 is 0 Å². The van der Waals surface area contributed by atoms with Crippen LogP contribution in [0.1, 0.15) is 31.9 Å². The van der Waals surface area contributed by atoms with Crippen molar-refractivity contribution >= 4 is 11.3 Å². The standard InChI is InChI=1S/C13H19N5/c1-9(2)17-4-3-10(7-17)12-5-13-15-6-11(14)8-18(13)16-12/h5-6,8-10H,3-4,7,14H2,1-2H3. The molecule has 2 N–H and O–H groups in total. The lowest BCUT2D eigenvalue weighted by Gasteiger charge is -2.19. The van der Waals surface area contributed by atoms with Gasteiger partial charge in [-0.15, -0.1) is 0 Å². The van der Waals surface area contributed by atoms with Crippen LogP contribution in [0.2, 0.25) is 0 Å². The van der Waals surface area contributed by atoms with Crippen LogP contribution in [0.25, 0.3) is 5.65 Å². The summed E-state index contributed by atoms with van der Waals surface area (Å²) >= 11 is 0. The second kappa shape index (κ2) is 4.24. The van der Waals surface area contributed by atoms with Crippen molar-refractivity contribution in [3.63, 3.8) is 0 Å². The average Bonchev–Trinajstić information content (AvgIpc) is 2.93. The number of hydrogen-bond acceptors (Lipinski definition) is 4. The molecule has 96 valence electrons. The molecule has 1 unspecified atom stereocenters. The summed E-state index contributed by atoms with van der Waals surface area (Å²) < 4.78 is 1.78. The van der Waals surface area contributed by atoms with E-state index < -0.39 is 0 Å². The van der Waals surface area contributed by atoms with Gasteiger partial charge in [0.1, 0.15) is 0 Å². The second-order valence-electron chi connectivity index (χ2n) is 5.33. The molecule has 0 amide bonds. The molecule has 5 heteroatoms. The smallest absolute Gasteiger partial charge is 0.155 e. The highest BCUT2D eigenvalue weighted by Gasteiger charge is 2.27. The molecule has 0 spiro atoms. The van der Waals surface area contributed by atoms with E-state index in [9.17, 15) is 0 Å². The Balaban J connectivity index is 1.87. The lowest BCUT2D eigenvalue weighted by Crippen LogP contribution is -2.27. The first kappa shape index (κ1) is 11.5. The molecule has 2 aromatic heterocycles. The summed E-state index contributed by atoms with van der Waals surface area (Å²) in [4.78, 5) is 6.79. The minimum atomic E-state index is 0.523. The molecule has 0 saturated carbocycles. The maximum Gasteiger partial charge on any atom is 0.155 e. The van der Waals surface area contributed by atoms with E-state index in [1.54, 1.807) is 10.7 Å². The van der Waals surface area contributed by atoms with E-state index in [2.05, 4.69) is 34.9 Å². The van der Waals surface area contributed by atoms with Gasteiger partial charge in [-0.25, -0.2) is 9.50 Å². The van der Waals surface area contributed by atoms with E-state index in [1.165, 1.54) is 6.42 Å². The zero-order valence-corrected chi connectivity index (χ0v) is 10.9. The van der Waals surface area contributed by atoms with Crippen LogP contribution in [-0.4, -0.2) is 38.6 Å². The van der Waals surface area contributed by atoms with Gasteiger partial charge in [0.2, 0.25) is 0 Å². The Hall–Kier alpha value is -1.62. The van der Waals surface area contributed by atoms with Gasteiger partial charge < -0.3 is 10.6 Å². The summed E-state index contributed by atoms with van der Waals surface area (Å²) in [5, 5.41) is 4.60. The van der Waals surface area contributed by atoms with Gasteiger partial charge in [0.15, 0.2) is 5.65 Å². The molecule has 3 heterocycles. The highest BCUT2D eigenvalue weighted by molar-refractivity contribution is 5.45. The zero-order valence-electron chi connectivity index (χ0n) is 10.9. The van der Waals surface area contributed by atoms with Gasteiger partial charge in [-0.3, -0.25) is 0 Å². The van der Waals surface area contributed by atoms with Crippen molar-refractivity contribution in [2.24, 2.45) is 0 Å². The number of nitrogen functional groups attached to an aromatic ring is 1. The van der Waals surface area contributed by atoms with Crippen LogP contribution in [0.3, 0.4) is 0 Å². The van der Waals surface area contributed by atoms with Crippen LogP contribution in [0.4, 0.5) is 5.69 Å². The molecular formula is C13H19N5. The Bertz CT molecular complexity index is 560. The maximum atomic E-state index is 5.72. The summed E-state index contributed by atoms with van der Waals surface area (Å²) in [7, 11) is 0. The van der Waals surface area contributed by atoms with E-state index >= 15 is 0 Å². The van der Waals surface area contributed by atoms with Gasteiger partial charge in [-0.05, 0) is 26.8 Å². The van der Waals surface area contributed by atoms with Gasteiger partial charge >= 0.3 is 0 Å². The van der Waals surface area contributed by atoms with Gasteiger partial charge in [0, 0.05) is 24.6 Å². The van der Waals surface area contributed by atoms with Crippen molar-refractivity contribution in [1.29, 1.82) is 0 Å². The molecule has 1 aliphatic rings. The average molecular weight is 245 g/mol. The molecule has 2 aromatic rings. The predicted octanol–water partition coefficient (Wildman–Crippen LogP) is 1.51. The van der Waals surface area contributed by atoms with E-state index in [0.717, 1.165) is 24.4 Å². The van der Waals surface area contributed by atoms with Crippen molar-refractivity contribution in [2.45, 2.75) is 32.2 Å². The van der Waals surface area contributed by atoms with Gasteiger partial charge in [-0.2, -0.15) is 5.10 Å². The summed E-state index contributed by atoms with van der Waals surface area (Å²) in [5.41, 5.74) is 8.37. The SMILES string of the molecule is CC(C)N1CCC(c2cc3ncc(N)cn3n2)C1. The van der Waals surface area contributed by atoms with Crippen molar-refractivity contribution in [1.82, 2.24) is 19.5 Å². The van der Waals surface area contributed by atoms with Crippen molar-refractivity contribution in [2.75, 3.05) is 18.8 Å². The fourth-order valence-electron chi connectivity index (χ4n) is 2.61. The third-order valence-corrected chi connectivity index (χ3v) is 3.72. The summed E-state index contributed by atoms with van der Waals surface area (Å²) in [6.45, 7) is 6.74. The number of aromatic nitrogens is 3. The molecule has 3 rings (SSSR count). The van der Waals surface area contributed by atoms with E-state index in [-0.39, 0.29) is 0 Å². The first-order chi connectivity index (χ1) is 8.63. The number of hydrogen-bond donors (Lipinski definition) is 1. The number of nitrogens with zero attached hydrogens (tertiary/aromatic N) is 4. The Morgan fingerprint density at radius 1 is 1.44 bits per heavy atom. The minimum Gasteiger partial charge on any atom is -0.396 e. The normalized spacial score (nSPS) is 21.2. The first-order valence-corrected chi connectivity index (χ1v) is 6.48. The topological polar surface area (TPSA) is 59.5 Å². The Morgan fingerprint density at radius 3 is 3.00 bits per heavy atom. The van der Waals surface area contributed by atoms with Crippen LogP contribution < -0.4 is 5.73 Å². The van der Waals surface area contributed by atoms with Crippen LogP contribution in [-0.2, 0) is 0 Å². The number of anilines is 1. The monoisotopic (exact) mass is 245 g/mol. The van der Waals surface area contributed by atoms with Gasteiger partial charge in [0.05, 0.1) is 23.8 Å². The Kier molecular flexibility index (Phi) is 2.70. The number of nitrogens with two attached hydrogens (primary N) is 1. The van der Waals surface area contributed by atoms with Crippen molar-refractivity contribution < 1.29 is 0 Å². The van der Waals surface area contributed by atoms with Gasteiger partial charge in [0.25, 0.3) is 0 Å². The molecule has 5 nitrogen and oxygen atoms in total. The van der Waals surface area contributed by atoms with Crippen molar-refractivity contribution in [3.05, 3.63) is 24.2 Å². The quantitative estimate of drug-likeness (QED) is 0.871. The first-order valence-electron chi connectivity index (χ1n) is 6.48. The molecule has 0 radical (unpaired) electrons. The van der Waals surface area contributed by atoms with E-state index in [1.807, 2.05) is 6.20 Å². The third-order valence-electron chi connectivity index (χ3n) is 3.72. The van der Waals surface area contributed by atoms with E-state index in [4.69, 9.17) is 5.73 Å². The minimum absolute atomic E-state index is 0.523.